The van der Waals surface area contributed by atoms with Gasteiger partial charge in [-0.3, -0.25) is 0 Å². The number of benzene rings is 1. The van der Waals surface area contributed by atoms with Gasteiger partial charge in [0, 0.05) is 5.56 Å². The topological polar surface area (TPSA) is 50.7 Å². The Morgan fingerprint density at radius 3 is 2.59 bits per heavy atom. The number of nitrogens with zero attached hydrogens (tertiary/aromatic N) is 2. The molecule has 0 bridgehead atoms. The number of alkyl halides is 3. The van der Waals surface area contributed by atoms with E-state index in [1.54, 1.807) is 6.26 Å². The van der Waals surface area contributed by atoms with Crippen molar-refractivity contribution in [2.75, 3.05) is 6.26 Å². The van der Waals surface area contributed by atoms with Crippen LogP contribution in [0.1, 0.15) is 11.1 Å². The van der Waals surface area contributed by atoms with Gasteiger partial charge in [0.25, 0.3) is 0 Å². The zero-order valence-electron chi connectivity index (χ0n) is 8.90. The predicted octanol–water partition coefficient (Wildman–Crippen LogP) is 2.72. The van der Waals surface area contributed by atoms with Gasteiger partial charge in [-0.1, -0.05) is 30.0 Å². The Labute approximate surface area is 101 Å². The summed E-state index contributed by atoms with van der Waals surface area (Å²) in [6.07, 6.45) is -1.68. The molecule has 0 saturated heterocycles. The molecule has 17 heavy (non-hydrogen) atoms. The third-order valence-electron chi connectivity index (χ3n) is 1.83. The standard InChI is InChI=1S/C10H10F3N3S/c1-17-9(14)16-15-6-7-4-2-3-5-8(7)10(11,12)13/h2-6H,1H3,(H2,14,16)/b15-6-. The first-order valence-electron chi connectivity index (χ1n) is 4.52. The molecule has 0 amide bonds. The van der Waals surface area contributed by atoms with Crippen molar-refractivity contribution in [1.82, 2.24) is 0 Å². The van der Waals surface area contributed by atoms with Crippen molar-refractivity contribution in [2.24, 2.45) is 15.9 Å². The fraction of sp³-hybridized carbons (Fsp3) is 0.200. The lowest BCUT2D eigenvalue weighted by atomic mass is 10.1. The molecule has 0 atom stereocenters. The van der Waals surface area contributed by atoms with Gasteiger partial charge in [-0.25, -0.2) is 0 Å². The summed E-state index contributed by atoms with van der Waals surface area (Å²) in [5.74, 6) is 0. The molecule has 2 N–H and O–H groups in total. The third-order valence-corrected chi connectivity index (χ3v) is 2.33. The molecule has 0 heterocycles. The Kier molecular flexibility index (Phi) is 4.56. The maximum absolute atomic E-state index is 12.6. The molecule has 0 spiro atoms. The summed E-state index contributed by atoms with van der Waals surface area (Å²) in [6, 6.07) is 5.12. The third kappa shape index (κ3) is 4.10. The van der Waals surface area contributed by atoms with Gasteiger partial charge in [0.05, 0.1) is 11.8 Å². The van der Waals surface area contributed by atoms with Gasteiger partial charge < -0.3 is 5.73 Å². The number of nitrogens with two attached hydrogens (primary N) is 1. The lowest BCUT2D eigenvalue weighted by Gasteiger charge is -2.08. The Balaban J connectivity index is 3.00. The number of halogens is 3. The molecule has 0 radical (unpaired) electrons. The average molecular weight is 261 g/mol. The number of hydrogen-bond donors (Lipinski definition) is 1. The molecule has 0 fully saturated rings. The monoisotopic (exact) mass is 261 g/mol. The fourth-order valence-electron chi connectivity index (χ4n) is 1.06. The highest BCUT2D eigenvalue weighted by molar-refractivity contribution is 8.13. The number of rotatable bonds is 2. The van der Waals surface area contributed by atoms with Gasteiger partial charge in [-0.2, -0.15) is 18.3 Å². The smallest absolute Gasteiger partial charge is 0.377 e. The first kappa shape index (κ1) is 13.6. The molecular weight excluding hydrogens is 251 g/mol. The number of amidine groups is 1. The van der Waals surface area contributed by atoms with Crippen molar-refractivity contribution in [2.45, 2.75) is 6.18 Å². The SMILES string of the molecule is CS/C(N)=N/N=C\c1ccccc1C(F)(F)F. The van der Waals surface area contributed by atoms with Crippen LogP contribution < -0.4 is 5.73 Å². The Hall–Kier alpha value is -1.50. The van der Waals surface area contributed by atoms with Crippen LogP contribution in [0.2, 0.25) is 0 Å². The van der Waals surface area contributed by atoms with Crippen molar-refractivity contribution >= 4 is 23.1 Å². The minimum Gasteiger partial charge on any atom is -0.377 e. The van der Waals surface area contributed by atoms with E-state index in [0.29, 0.717) is 0 Å². The average Bonchev–Trinajstić information content (AvgIpc) is 2.28. The van der Waals surface area contributed by atoms with Crippen molar-refractivity contribution in [3.8, 4) is 0 Å². The first-order chi connectivity index (χ1) is 7.95. The largest absolute Gasteiger partial charge is 0.417 e. The van der Waals surface area contributed by atoms with Crippen LogP contribution >= 0.6 is 11.8 Å². The van der Waals surface area contributed by atoms with E-state index in [0.717, 1.165) is 24.0 Å². The highest BCUT2D eigenvalue weighted by Crippen LogP contribution is 2.31. The fourth-order valence-corrected chi connectivity index (χ4v) is 1.19. The highest BCUT2D eigenvalue weighted by atomic mass is 32.2. The van der Waals surface area contributed by atoms with E-state index < -0.39 is 11.7 Å². The van der Waals surface area contributed by atoms with Crippen LogP contribution in [0, 0.1) is 0 Å². The van der Waals surface area contributed by atoms with E-state index in [-0.39, 0.29) is 10.7 Å². The zero-order valence-corrected chi connectivity index (χ0v) is 9.72. The van der Waals surface area contributed by atoms with Gasteiger partial charge in [0.15, 0.2) is 5.17 Å². The summed E-state index contributed by atoms with van der Waals surface area (Å²) in [6.45, 7) is 0. The van der Waals surface area contributed by atoms with Gasteiger partial charge in [0.1, 0.15) is 0 Å². The molecule has 0 aliphatic rings. The van der Waals surface area contributed by atoms with Crippen molar-refractivity contribution < 1.29 is 13.2 Å². The Morgan fingerprint density at radius 1 is 1.35 bits per heavy atom. The van der Waals surface area contributed by atoms with E-state index in [9.17, 15) is 13.2 Å². The maximum Gasteiger partial charge on any atom is 0.417 e. The van der Waals surface area contributed by atoms with E-state index in [1.165, 1.54) is 18.2 Å². The molecule has 0 aromatic heterocycles. The summed E-state index contributed by atoms with van der Waals surface area (Å²) >= 11 is 1.16. The minimum atomic E-state index is -4.41. The summed E-state index contributed by atoms with van der Waals surface area (Å²) in [5.41, 5.74) is 4.55. The van der Waals surface area contributed by atoms with Gasteiger partial charge in [0.2, 0.25) is 0 Å². The second kappa shape index (κ2) is 5.72. The molecule has 92 valence electrons. The number of hydrogen-bond acceptors (Lipinski definition) is 3. The van der Waals surface area contributed by atoms with Crippen LogP contribution in [-0.4, -0.2) is 17.6 Å². The van der Waals surface area contributed by atoms with Crippen LogP contribution in [-0.2, 0) is 6.18 Å². The summed E-state index contributed by atoms with van der Waals surface area (Å²) in [5, 5.41) is 7.21. The summed E-state index contributed by atoms with van der Waals surface area (Å²) in [7, 11) is 0. The van der Waals surface area contributed by atoms with E-state index in [4.69, 9.17) is 5.73 Å². The van der Waals surface area contributed by atoms with E-state index in [2.05, 4.69) is 10.2 Å². The quantitative estimate of drug-likeness (QED) is 0.505. The minimum absolute atomic E-state index is 0.0438. The molecule has 0 aliphatic heterocycles. The molecule has 0 saturated carbocycles. The lowest BCUT2D eigenvalue weighted by molar-refractivity contribution is -0.137. The maximum atomic E-state index is 12.6. The van der Waals surface area contributed by atoms with Crippen LogP contribution in [0.4, 0.5) is 13.2 Å². The lowest BCUT2D eigenvalue weighted by Crippen LogP contribution is -2.08. The molecule has 0 aliphatic carbocycles. The van der Waals surface area contributed by atoms with Crippen LogP contribution in [0.3, 0.4) is 0 Å². The van der Waals surface area contributed by atoms with Gasteiger partial charge in [-0.15, -0.1) is 5.10 Å². The second-order valence-electron chi connectivity index (χ2n) is 2.97. The molecule has 3 nitrogen and oxygen atoms in total. The first-order valence-corrected chi connectivity index (χ1v) is 5.74. The summed E-state index contributed by atoms with van der Waals surface area (Å²) in [4.78, 5) is 0. The van der Waals surface area contributed by atoms with Crippen LogP contribution in [0.5, 0.6) is 0 Å². The molecule has 0 unspecified atom stereocenters. The van der Waals surface area contributed by atoms with Crippen molar-refractivity contribution in [3.63, 3.8) is 0 Å². The normalized spacial score (nSPS) is 13.3. The van der Waals surface area contributed by atoms with Crippen molar-refractivity contribution in [1.29, 1.82) is 0 Å². The summed E-state index contributed by atoms with van der Waals surface area (Å²) < 4.78 is 37.7. The van der Waals surface area contributed by atoms with Gasteiger partial charge in [-0.05, 0) is 12.3 Å². The molecule has 1 aromatic carbocycles. The Bertz CT molecular complexity index is 441. The van der Waals surface area contributed by atoms with Gasteiger partial charge >= 0.3 is 6.18 Å². The molecule has 1 aromatic rings. The second-order valence-corrected chi connectivity index (χ2v) is 3.80. The van der Waals surface area contributed by atoms with Crippen LogP contribution in [0.25, 0.3) is 0 Å². The predicted molar refractivity (Wildman–Crippen MR) is 64.2 cm³/mol. The van der Waals surface area contributed by atoms with Crippen LogP contribution in [0.15, 0.2) is 34.5 Å². The zero-order chi connectivity index (χ0) is 12.9. The van der Waals surface area contributed by atoms with Crippen molar-refractivity contribution in [3.05, 3.63) is 35.4 Å². The molecule has 1 rings (SSSR count). The number of thioether (sulfide) groups is 1. The Morgan fingerprint density at radius 2 is 2.00 bits per heavy atom. The molecule has 7 heteroatoms. The molecular formula is C10H10F3N3S. The van der Waals surface area contributed by atoms with E-state index >= 15 is 0 Å². The highest BCUT2D eigenvalue weighted by Gasteiger charge is 2.32. The van der Waals surface area contributed by atoms with E-state index in [1.807, 2.05) is 0 Å².